The molecule has 1 saturated heterocycles. The van der Waals surface area contributed by atoms with Crippen LogP contribution in [0.1, 0.15) is 47.4 Å². The minimum atomic E-state index is -0.0674. The first-order valence-corrected chi connectivity index (χ1v) is 8.22. The molecule has 0 bridgehead atoms. The van der Waals surface area contributed by atoms with Gasteiger partial charge in [0.15, 0.2) is 0 Å². The second-order valence-corrected chi connectivity index (χ2v) is 6.16. The average Bonchev–Trinajstić information content (AvgIpc) is 3.27. The van der Waals surface area contributed by atoms with Crippen LogP contribution in [0.3, 0.4) is 0 Å². The number of aromatic amines is 1. The Morgan fingerprint density at radius 2 is 2.33 bits per heavy atom. The maximum Gasteiger partial charge on any atom is 0.318 e. The van der Waals surface area contributed by atoms with Gasteiger partial charge in [-0.3, -0.25) is 5.10 Å². The van der Waals surface area contributed by atoms with E-state index in [4.69, 9.17) is 9.15 Å². The number of methoxy groups -OCH3 is 1. The van der Waals surface area contributed by atoms with Crippen LogP contribution in [0.15, 0.2) is 16.5 Å². The highest BCUT2D eigenvalue weighted by molar-refractivity contribution is 5.75. The van der Waals surface area contributed by atoms with Crippen LogP contribution in [0.2, 0.25) is 0 Å². The lowest BCUT2D eigenvalue weighted by Gasteiger charge is -2.23. The zero-order valence-electron chi connectivity index (χ0n) is 14.4. The van der Waals surface area contributed by atoms with Gasteiger partial charge in [-0.1, -0.05) is 0 Å². The molecular formula is C17H24N4O3. The van der Waals surface area contributed by atoms with E-state index >= 15 is 0 Å². The van der Waals surface area contributed by atoms with Crippen LogP contribution in [-0.2, 0) is 17.9 Å². The molecule has 2 aromatic rings. The molecule has 2 N–H and O–H groups in total. The third-order valence-corrected chi connectivity index (χ3v) is 4.51. The van der Waals surface area contributed by atoms with Gasteiger partial charge in [0, 0.05) is 31.5 Å². The molecule has 7 heteroatoms. The molecule has 0 saturated carbocycles. The first-order chi connectivity index (χ1) is 11.6. The number of nitrogens with one attached hydrogen (secondary N) is 2. The number of aryl methyl sites for hydroxylation is 2. The molecule has 130 valence electrons. The summed E-state index contributed by atoms with van der Waals surface area (Å²) in [5, 5.41) is 10.1. The van der Waals surface area contributed by atoms with Gasteiger partial charge in [-0.05, 0) is 38.8 Å². The first-order valence-electron chi connectivity index (χ1n) is 8.22. The van der Waals surface area contributed by atoms with Crippen molar-refractivity contribution in [2.24, 2.45) is 0 Å². The van der Waals surface area contributed by atoms with Gasteiger partial charge >= 0.3 is 6.03 Å². The topological polar surface area (TPSA) is 83.4 Å². The SMILES string of the molecule is COCc1ccc(C2CCCN2C(=O)NCc2c(C)n[nH]c2C)o1. The number of carbonyl (C=O) groups excluding carboxylic acids is 1. The van der Waals surface area contributed by atoms with E-state index in [0.29, 0.717) is 13.2 Å². The number of urea groups is 1. The normalized spacial score (nSPS) is 17.5. The molecule has 0 spiro atoms. The van der Waals surface area contributed by atoms with Crippen molar-refractivity contribution in [3.05, 3.63) is 40.6 Å². The number of H-pyrrole nitrogens is 1. The van der Waals surface area contributed by atoms with E-state index in [2.05, 4.69) is 15.5 Å². The zero-order valence-corrected chi connectivity index (χ0v) is 14.4. The lowest BCUT2D eigenvalue weighted by atomic mass is 10.1. The molecule has 1 atom stereocenters. The Morgan fingerprint density at radius 3 is 3.04 bits per heavy atom. The largest absolute Gasteiger partial charge is 0.461 e. The Hall–Kier alpha value is -2.28. The molecule has 1 aliphatic heterocycles. The van der Waals surface area contributed by atoms with Crippen LogP contribution in [0, 0.1) is 13.8 Å². The first kappa shape index (κ1) is 16.6. The number of furan rings is 1. The number of likely N-dealkylation sites (tertiary alicyclic amines) is 1. The molecule has 1 fully saturated rings. The molecular weight excluding hydrogens is 308 g/mol. The molecule has 7 nitrogen and oxygen atoms in total. The molecule has 0 radical (unpaired) electrons. The van der Waals surface area contributed by atoms with Crippen molar-refractivity contribution < 1.29 is 13.9 Å². The smallest absolute Gasteiger partial charge is 0.318 e. The van der Waals surface area contributed by atoms with Gasteiger partial charge in [-0.25, -0.2) is 4.79 Å². The minimum Gasteiger partial charge on any atom is -0.461 e. The number of amides is 2. The van der Waals surface area contributed by atoms with Crippen molar-refractivity contribution >= 4 is 6.03 Å². The Balaban J connectivity index is 1.65. The van der Waals surface area contributed by atoms with Crippen LogP contribution >= 0.6 is 0 Å². The molecule has 3 heterocycles. The number of carbonyl (C=O) groups is 1. The number of nitrogens with zero attached hydrogens (tertiary/aromatic N) is 2. The molecule has 2 amide bonds. The van der Waals surface area contributed by atoms with Crippen LogP contribution in [0.25, 0.3) is 0 Å². The average molecular weight is 332 g/mol. The number of hydrogen-bond acceptors (Lipinski definition) is 4. The Kier molecular flexibility index (Phi) is 4.89. The summed E-state index contributed by atoms with van der Waals surface area (Å²) in [7, 11) is 1.64. The van der Waals surface area contributed by atoms with E-state index in [0.717, 1.165) is 47.9 Å². The van der Waals surface area contributed by atoms with E-state index in [9.17, 15) is 4.79 Å². The third-order valence-electron chi connectivity index (χ3n) is 4.51. The van der Waals surface area contributed by atoms with Crippen LogP contribution in [-0.4, -0.2) is 34.8 Å². The monoisotopic (exact) mass is 332 g/mol. The van der Waals surface area contributed by atoms with Crippen LogP contribution < -0.4 is 5.32 Å². The molecule has 3 rings (SSSR count). The van der Waals surface area contributed by atoms with Gasteiger partial charge in [-0.15, -0.1) is 0 Å². The second kappa shape index (κ2) is 7.09. The predicted octanol–water partition coefficient (Wildman–Crippen LogP) is 2.81. The predicted molar refractivity (Wildman–Crippen MR) is 88.4 cm³/mol. The maximum absolute atomic E-state index is 12.6. The van der Waals surface area contributed by atoms with Crippen molar-refractivity contribution in [1.29, 1.82) is 0 Å². The van der Waals surface area contributed by atoms with Gasteiger partial charge in [0.25, 0.3) is 0 Å². The summed E-state index contributed by atoms with van der Waals surface area (Å²) in [6.07, 6.45) is 1.89. The summed E-state index contributed by atoms with van der Waals surface area (Å²) in [5.41, 5.74) is 2.95. The summed E-state index contributed by atoms with van der Waals surface area (Å²) in [6.45, 7) is 5.55. The molecule has 24 heavy (non-hydrogen) atoms. The fraction of sp³-hybridized carbons (Fsp3) is 0.529. The minimum absolute atomic E-state index is 0.0119. The second-order valence-electron chi connectivity index (χ2n) is 6.16. The van der Waals surface area contributed by atoms with E-state index in [-0.39, 0.29) is 12.1 Å². The Morgan fingerprint density at radius 1 is 1.50 bits per heavy atom. The third kappa shape index (κ3) is 3.31. The molecule has 0 aliphatic carbocycles. The Labute approximate surface area is 141 Å². The van der Waals surface area contributed by atoms with E-state index in [1.165, 1.54) is 0 Å². The summed E-state index contributed by atoms with van der Waals surface area (Å²) in [4.78, 5) is 14.4. The maximum atomic E-state index is 12.6. The highest BCUT2D eigenvalue weighted by Crippen LogP contribution is 2.33. The molecule has 0 aromatic carbocycles. The molecule has 1 aliphatic rings. The molecule has 2 aromatic heterocycles. The van der Waals surface area contributed by atoms with Gasteiger partial charge in [-0.2, -0.15) is 5.10 Å². The highest BCUT2D eigenvalue weighted by Gasteiger charge is 2.32. The van der Waals surface area contributed by atoms with Crippen LogP contribution in [0.5, 0.6) is 0 Å². The molecule has 1 unspecified atom stereocenters. The summed E-state index contributed by atoms with van der Waals surface area (Å²) < 4.78 is 10.9. The van der Waals surface area contributed by atoms with Crippen molar-refractivity contribution in [2.75, 3.05) is 13.7 Å². The van der Waals surface area contributed by atoms with Crippen LogP contribution in [0.4, 0.5) is 4.79 Å². The zero-order chi connectivity index (χ0) is 17.1. The summed E-state index contributed by atoms with van der Waals surface area (Å²) in [6, 6.07) is 3.77. The standard InChI is InChI=1S/C17H24N4O3/c1-11-14(12(2)20-19-11)9-18-17(22)21-8-4-5-15(21)16-7-6-13(24-16)10-23-3/h6-7,15H,4-5,8-10H2,1-3H3,(H,18,22)(H,19,20). The van der Waals surface area contributed by atoms with Crippen molar-refractivity contribution in [1.82, 2.24) is 20.4 Å². The number of aromatic nitrogens is 2. The highest BCUT2D eigenvalue weighted by atomic mass is 16.5. The fourth-order valence-electron chi connectivity index (χ4n) is 3.20. The van der Waals surface area contributed by atoms with Gasteiger partial charge in [0.05, 0.1) is 11.7 Å². The Bertz CT molecular complexity index is 687. The summed E-state index contributed by atoms with van der Waals surface area (Å²) >= 11 is 0. The van der Waals surface area contributed by atoms with E-state index in [1.54, 1.807) is 7.11 Å². The van der Waals surface area contributed by atoms with Gasteiger partial charge in [0.2, 0.25) is 0 Å². The van der Waals surface area contributed by atoms with Gasteiger partial charge in [0.1, 0.15) is 18.1 Å². The summed E-state index contributed by atoms with van der Waals surface area (Å²) in [5.74, 6) is 1.61. The van der Waals surface area contributed by atoms with Crippen molar-refractivity contribution in [3.63, 3.8) is 0 Å². The fourth-order valence-corrected chi connectivity index (χ4v) is 3.20. The van der Waals surface area contributed by atoms with Gasteiger partial charge < -0.3 is 19.4 Å². The lowest BCUT2D eigenvalue weighted by Crippen LogP contribution is -2.39. The lowest BCUT2D eigenvalue weighted by molar-refractivity contribution is 0.156. The number of hydrogen-bond donors (Lipinski definition) is 2. The number of ether oxygens (including phenoxy) is 1. The van der Waals surface area contributed by atoms with E-state index in [1.807, 2.05) is 30.9 Å². The van der Waals surface area contributed by atoms with Crippen molar-refractivity contribution in [2.45, 2.75) is 45.9 Å². The quantitative estimate of drug-likeness (QED) is 0.882. The van der Waals surface area contributed by atoms with Crippen molar-refractivity contribution in [3.8, 4) is 0 Å². The number of rotatable bonds is 5. The van der Waals surface area contributed by atoms with E-state index < -0.39 is 0 Å².